The van der Waals surface area contributed by atoms with Crippen LogP contribution in [0.2, 0.25) is 0 Å². The molecule has 86 valence electrons. The standard InChI is InChI=1S/C13H23NO/c1-14(2)13(15)12-8-7-10-5-3-4-6-11(10)9-12/h10-12H,3-9H2,1-2H3. The molecule has 2 nitrogen and oxygen atoms in total. The van der Waals surface area contributed by atoms with Gasteiger partial charge >= 0.3 is 0 Å². The predicted molar refractivity (Wildman–Crippen MR) is 61.5 cm³/mol. The first-order valence-corrected chi connectivity index (χ1v) is 6.39. The third kappa shape index (κ3) is 2.35. The summed E-state index contributed by atoms with van der Waals surface area (Å²) < 4.78 is 0. The van der Waals surface area contributed by atoms with Crippen LogP contribution in [0.25, 0.3) is 0 Å². The number of hydrogen-bond donors (Lipinski definition) is 0. The monoisotopic (exact) mass is 209 g/mol. The molecule has 2 heteroatoms. The van der Waals surface area contributed by atoms with Gasteiger partial charge in [0, 0.05) is 20.0 Å². The zero-order valence-electron chi connectivity index (χ0n) is 10.0. The second-order valence-electron chi connectivity index (χ2n) is 5.55. The van der Waals surface area contributed by atoms with Crippen molar-refractivity contribution in [1.29, 1.82) is 0 Å². The first-order valence-electron chi connectivity index (χ1n) is 6.39. The molecule has 0 bridgehead atoms. The summed E-state index contributed by atoms with van der Waals surface area (Å²) in [5.74, 6) is 2.50. The smallest absolute Gasteiger partial charge is 0.225 e. The molecule has 0 N–H and O–H groups in total. The average molecular weight is 209 g/mol. The highest BCUT2D eigenvalue weighted by Crippen LogP contribution is 2.42. The molecular formula is C13H23NO. The van der Waals surface area contributed by atoms with E-state index < -0.39 is 0 Å². The van der Waals surface area contributed by atoms with Gasteiger partial charge in [-0.25, -0.2) is 0 Å². The number of hydrogen-bond acceptors (Lipinski definition) is 1. The van der Waals surface area contributed by atoms with Crippen molar-refractivity contribution in [3.63, 3.8) is 0 Å². The van der Waals surface area contributed by atoms with Crippen molar-refractivity contribution >= 4 is 5.91 Å². The highest BCUT2D eigenvalue weighted by molar-refractivity contribution is 5.78. The van der Waals surface area contributed by atoms with Gasteiger partial charge in [-0.3, -0.25) is 4.79 Å². The molecule has 3 unspecified atom stereocenters. The van der Waals surface area contributed by atoms with Gasteiger partial charge in [0.1, 0.15) is 0 Å². The molecule has 0 aromatic carbocycles. The molecule has 15 heavy (non-hydrogen) atoms. The van der Waals surface area contributed by atoms with E-state index in [0.29, 0.717) is 11.8 Å². The van der Waals surface area contributed by atoms with Crippen molar-refractivity contribution in [2.24, 2.45) is 17.8 Å². The van der Waals surface area contributed by atoms with Crippen molar-refractivity contribution in [3.05, 3.63) is 0 Å². The number of rotatable bonds is 1. The van der Waals surface area contributed by atoms with Crippen LogP contribution >= 0.6 is 0 Å². The molecule has 0 radical (unpaired) electrons. The van der Waals surface area contributed by atoms with Crippen LogP contribution < -0.4 is 0 Å². The molecule has 0 aliphatic heterocycles. The lowest BCUT2D eigenvalue weighted by Crippen LogP contribution is -2.36. The maximum Gasteiger partial charge on any atom is 0.225 e. The van der Waals surface area contributed by atoms with E-state index in [4.69, 9.17) is 0 Å². The lowest BCUT2D eigenvalue weighted by molar-refractivity contribution is -0.135. The molecule has 2 saturated carbocycles. The molecule has 0 aromatic rings. The van der Waals surface area contributed by atoms with Gasteiger partial charge in [-0.1, -0.05) is 25.7 Å². The molecule has 0 spiro atoms. The Bertz CT molecular complexity index is 237. The summed E-state index contributed by atoms with van der Waals surface area (Å²) in [5.41, 5.74) is 0. The SMILES string of the molecule is CN(C)C(=O)C1CCC2CCCCC2C1. The Morgan fingerprint density at radius 1 is 1.00 bits per heavy atom. The molecule has 0 heterocycles. The van der Waals surface area contributed by atoms with Crippen LogP contribution in [0.4, 0.5) is 0 Å². The van der Waals surface area contributed by atoms with E-state index in [9.17, 15) is 4.79 Å². The molecular weight excluding hydrogens is 186 g/mol. The second kappa shape index (κ2) is 4.54. The van der Waals surface area contributed by atoms with Crippen LogP contribution in [0, 0.1) is 17.8 Å². The number of amides is 1. The minimum Gasteiger partial charge on any atom is -0.349 e. The molecule has 2 rings (SSSR count). The number of carbonyl (C=O) groups is 1. The quantitative estimate of drug-likeness (QED) is 0.650. The Labute approximate surface area is 93.0 Å². The molecule has 0 saturated heterocycles. The minimum absolute atomic E-state index is 0.333. The highest BCUT2D eigenvalue weighted by Gasteiger charge is 2.35. The van der Waals surface area contributed by atoms with Gasteiger partial charge < -0.3 is 4.90 Å². The van der Waals surface area contributed by atoms with E-state index in [1.807, 2.05) is 14.1 Å². The Kier molecular flexibility index (Phi) is 3.32. The zero-order chi connectivity index (χ0) is 10.8. The Hall–Kier alpha value is -0.530. The normalized spacial score (nSPS) is 35.7. The fraction of sp³-hybridized carbons (Fsp3) is 0.923. The zero-order valence-corrected chi connectivity index (χ0v) is 10.0. The summed E-state index contributed by atoms with van der Waals surface area (Å²) in [5, 5.41) is 0. The third-order valence-electron chi connectivity index (χ3n) is 4.33. The molecule has 2 aliphatic carbocycles. The lowest BCUT2D eigenvalue weighted by Gasteiger charge is -2.39. The summed E-state index contributed by atoms with van der Waals surface area (Å²) in [6.45, 7) is 0. The molecule has 2 aliphatic rings. The predicted octanol–water partition coefficient (Wildman–Crippen LogP) is 2.68. The van der Waals surface area contributed by atoms with E-state index >= 15 is 0 Å². The summed E-state index contributed by atoms with van der Waals surface area (Å²) in [6, 6.07) is 0. The van der Waals surface area contributed by atoms with Gasteiger partial charge in [-0.15, -0.1) is 0 Å². The van der Waals surface area contributed by atoms with Crippen molar-refractivity contribution < 1.29 is 4.79 Å². The maximum absolute atomic E-state index is 11.9. The highest BCUT2D eigenvalue weighted by atomic mass is 16.2. The number of nitrogens with zero attached hydrogens (tertiary/aromatic N) is 1. The van der Waals surface area contributed by atoms with Gasteiger partial charge in [-0.05, 0) is 31.1 Å². The van der Waals surface area contributed by atoms with Crippen LogP contribution in [-0.4, -0.2) is 24.9 Å². The third-order valence-corrected chi connectivity index (χ3v) is 4.33. The van der Waals surface area contributed by atoms with E-state index in [-0.39, 0.29) is 0 Å². The second-order valence-corrected chi connectivity index (χ2v) is 5.55. The Morgan fingerprint density at radius 3 is 2.33 bits per heavy atom. The molecule has 0 aromatic heterocycles. The Balaban J connectivity index is 1.93. The van der Waals surface area contributed by atoms with Gasteiger partial charge in [0.25, 0.3) is 0 Å². The van der Waals surface area contributed by atoms with Crippen molar-refractivity contribution in [3.8, 4) is 0 Å². The van der Waals surface area contributed by atoms with Crippen LogP contribution in [-0.2, 0) is 4.79 Å². The van der Waals surface area contributed by atoms with E-state index in [2.05, 4.69) is 0 Å². The summed E-state index contributed by atoms with van der Waals surface area (Å²) in [6.07, 6.45) is 9.22. The topological polar surface area (TPSA) is 20.3 Å². The van der Waals surface area contributed by atoms with E-state index in [1.165, 1.54) is 38.5 Å². The van der Waals surface area contributed by atoms with Crippen LogP contribution in [0.15, 0.2) is 0 Å². The van der Waals surface area contributed by atoms with Gasteiger partial charge in [0.15, 0.2) is 0 Å². The molecule has 1 amide bonds. The van der Waals surface area contributed by atoms with Gasteiger partial charge in [0.2, 0.25) is 5.91 Å². The van der Waals surface area contributed by atoms with Crippen molar-refractivity contribution in [2.75, 3.05) is 14.1 Å². The summed E-state index contributed by atoms with van der Waals surface area (Å²) >= 11 is 0. The first-order chi connectivity index (χ1) is 7.18. The van der Waals surface area contributed by atoms with Gasteiger partial charge in [-0.2, -0.15) is 0 Å². The van der Waals surface area contributed by atoms with Gasteiger partial charge in [0.05, 0.1) is 0 Å². The van der Waals surface area contributed by atoms with Crippen molar-refractivity contribution in [1.82, 2.24) is 4.90 Å². The largest absolute Gasteiger partial charge is 0.349 e. The maximum atomic E-state index is 11.9. The Morgan fingerprint density at radius 2 is 1.67 bits per heavy atom. The van der Waals surface area contributed by atoms with E-state index in [0.717, 1.165) is 18.3 Å². The van der Waals surface area contributed by atoms with Crippen molar-refractivity contribution in [2.45, 2.75) is 44.9 Å². The fourth-order valence-electron chi connectivity index (χ4n) is 3.46. The number of carbonyl (C=O) groups excluding carboxylic acids is 1. The van der Waals surface area contributed by atoms with Crippen LogP contribution in [0.1, 0.15) is 44.9 Å². The van der Waals surface area contributed by atoms with Crippen LogP contribution in [0.5, 0.6) is 0 Å². The van der Waals surface area contributed by atoms with E-state index in [1.54, 1.807) is 4.90 Å². The molecule has 3 atom stereocenters. The average Bonchev–Trinajstić information content (AvgIpc) is 2.27. The minimum atomic E-state index is 0.333. The fourth-order valence-corrected chi connectivity index (χ4v) is 3.46. The van der Waals surface area contributed by atoms with Crippen LogP contribution in [0.3, 0.4) is 0 Å². The first kappa shape index (κ1) is 11.0. The lowest BCUT2D eigenvalue weighted by atomic mass is 9.67. The summed E-state index contributed by atoms with van der Waals surface area (Å²) in [4.78, 5) is 13.7. The molecule has 2 fully saturated rings. The summed E-state index contributed by atoms with van der Waals surface area (Å²) in [7, 11) is 3.77. The number of fused-ring (bicyclic) bond motifs is 1.